The highest BCUT2D eigenvalue weighted by Gasteiger charge is 2.07. The summed E-state index contributed by atoms with van der Waals surface area (Å²) in [5.74, 6) is -0.410. The Labute approximate surface area is 91.9 Å². The number of hydrogen-bond acceptors (Lipinski definition) is 3. The van der Waals surface area contributed by atoms with Crippen molar-refractivity contribution in [3.63, 3.8) is 0 Å². The van der Waals surface area contributed by atoms with E-state index >= 15 is 0 Å². The van der Waals surface area contributed by atoms with Gasteiger partial charge in [-0.15, -0.1) is 0 Å². The SMILES string of the molecule is CCOC(=O)c1ccc2cc[nH]c(=O)c2c1. The van der Waals surface area contributed by atoms with Gasteiger partial charge in [0, 0.05) is 11.6 Å². The molecule has 4 heteroatoms. The van der Waals surface area contributed by atoms with Crippen molar-refractivity contribution in [1.82, 2.24) is 4.98 Å². The highest BCUT2D eigenvalue weighted by Crippen LogP contribution is 2.12. The zero-order chi connectivity index (χ0) is 11.5. The Kier molecular flexibility index (Phi) is 2.72. The quantitative estimate of drug-likeness (QED) is 0.779. The minimum atomic E-state index is -0.410. The predicted octanol–water partition coefficient (Wildman–Crippen LogP) is 1.70. The van der Waals surface area contributed by atoms with Gasteiger partial charge in [-0.05, 0) is 30.5 Å². The highest BCUT2D eigenvalue weighted by atomic mass is 16.5. The van der Waals surface area contributed by atoms with E-state index in [1.807, 2.05) is 0 Å². The number of benzene rings is 1. The molecule has 0 atom stereocenters. The molecule has 16 heavy (non-hydrogen) atoms. The van der Waals surface area contributed by atoms with Crippen LogP contribution in [0, 0.1) is 0 Å². The molecule has 2 aromatic rings. The third-order valence-corrected chi connectivity index (χ3v) is 2.29. The Morgan fingerprint density at radius 3 is 2.94 bits per heavy atom. The molecule has 0 fully saturated rings. The highest BCUT2D eigenvalue weighted by molar-refractivity contribution is 5.95. The van der Waals surface area contributed by atoms with Crippen molar-refractivity contribution >= 4 is 16.7 Å². The standard InChI is InChI=1S/C12H11NO3/c1-2-16-12(15)9-4-3-8-5-6-13-11(14)10(8)7-9/h3-7H,2H2,1H3,(H,13,14). The van der Waals surface area contributed by atoms with Gasteiger partial charge in [-0.1, -0.05) is 6.07 Å². The summed E-state index contributed by atoms with van der Waals surface area (Å²) < 4.78 is 4.87. The van der Waals surface area contributed by atoms with Crippen molar-refractivity contribution in [2.24, 2.45) is 0 Å². The molecule has 0 aliphatic carbocycles. The van der Waals surface area contributed by atoms with Crippen LogP contribution in [0.2, 0.25) is 0 Å². The van der Waals surface area contributed by atoms with Crippen molar-refractivity contribution in [1.29, 1.82) is 0 Å². The van der Waals surface area contributed by atoms with Gasteiger partial charge in [0.05, 0.1) is 12.2 Å². The zero-order valence-corrected chi connectivity index (χ0v) is 8.82. The van der Waals surface area contributed by atoms with Crippen molar-refractivity contribution in [2.45, 2.75) is 6.92 Å². The van der Waals surface area contributed by atoms with Gasteiger partial charge in [-0.3, -0.25) is 4.79 Å². The van der Waals surface area contributed by atoms with Gasteiger partial charge in [0.1, 0.15) is 0 Å². The number of pyridine rings is 1. The molecular formula is C12H11NO3. The van der Waals surface area contributed by atoms with Gasteiger partial charge >= 0.3 is 5.97 Å². The first-order chi connectivity index (χ1) is 7.72. The fourth-order valence-electron chi connectivity index (χ4n) is 1.52. The van der Waals surface area contributed by atoms with Crippen LogP contribution in [-0.2, 0) is 4.74 Å². The average Bonchev–Trinajstić information content (AvgIpc) is 2.29. The number of H-pyrrole nitrogens is 1. The van der Waals surface area contributed by atoms with E-state index < -0.39 is 5.97 Å². The summed E-state index contributed by atoms with van der Waals surface area (Å²) >= 11 is 0. The first-order valence-electron chi connectivity index (χ1n) is 5.01. The van der Waals surface area contributed by atoms with Gasteiger partial charge in [0.25, 0.3) is 5.56 Å². The van der Waals surface area contributed by atoms with Crippen LogP contribution < -0.4 is 5.56 Å². The summed E-state index contributed by atoms with van der Waals surface area (Å²) in [6.45, 7) is 2.06. The summed E-state index contributed by atoms with van der Waals surface area (Å²) in [7, 11) is 0. The van der Waals surface area contributed by atoms with Crippen LogP contribution in [0.1, 0.15) is 17.3 Å². The number of hydrogen-bond donors (Lipinski definition) is 1. The number of aromatic amines is 1. The summed E-state index contributed by atoms with van der Waals surface area (Å²) in [4.78, 5) is 25.5. The lowest BCUT2D eigenvalue weighted by molar-refractivity contribution is 0.0526. The van der Waals surface area contributed by atoms with Crippen LogP contribution in [0.25, 0.3) is 10.8 Å². The maximum atomic E-state index is 11.5. The zero-order valence-electron chi connectivity index (χ0n) is 8.82. The minimum absolute atomic E-state index is 0.205. The molecule has 0 aliphatic rings. The number of carbonyl (C=O) groups excluding carboxylic acids is 1. The lowest BCUT2D eigenvalue weighted by Crippen LogP contribution is -2.08. The van der Waals surface area contributed by atoms with Crippen molar-refractivity contribution in [2.75, 3.05) is 6.61 Å². The van der Waals surface area contributed by atoms with Crippen molar-refractivity contribution in [3.05, 3.63) is 46.4 Å². The minimum Gasteiger partial charge on any atom is -0.462 e. The number of aromatic nitrogens is 1. The number of carbonyl (C=O) groups is 1. The Morgan fingerprint density at radius 1 is 1.38 bits per heavy atom. The fourth-order valence-corrected chi connectivity index (χ4v) is 1.52. The summed E-state index contributed by atoms with van der Waals surface area (Å²) in [6, 6.07) is 6.72. The van der Waals surface area contributed by atoms with Crippen LogP contribution >= 0.6 is 0 Å². The van der Waals surface area contributed by atoms with Crippen LogP contribution in [-0.4, -0.2) is 17.6 Å². The molecule has 0 amide bonds. The molecule has 82 valence electrons. The fraction of sp³-hybridized carbons (Fsp3) is 0.167. The Morgan fingerprint density at radius 2 is 2.19 bits per heavy atom. The number of fused-ring (bicyclic) bond motifs is 1. The second-order valence-electron chi connectivity index (χ2n) is 3.33. The smallest absolute Gasteiger partial charge is 0.338 e. The van der Waals surface area contributed by atoms with Crippen LogP contribution in [0.3, 0.4) is 0 Å². The molecule has 1 aromatic heterocycles. The lowest BCUT2D eigenvalue weighted by Gasteiger charge is -2.02. The molecule has 2 rings (SSSR count). The van der Waals surface area contributed by atoms with Crippen LogP contribution in [0.4, 0.5) is 0 Å². The summed E-state index contributed by atoms with van der Waals surface area (Å²) in [6.07, 6.45) is 1.58. The Balaban J connectivity index is 2.55. The topological polar surface area (TPSA) is 59.2 Å². The van der Waals surface area contributed by atoms with Gasteiger partial charge < -0.3 is 9.72 Å². The number of esters is 1. The molecular weight excluding hydrogens is 206 g/mol. The monoisotopic (exact) mass is 217 g/mol. The van der Waals surface area contributed by atoms with E-state index in [1.165, 1.54) is 0 Å². The van der Waals surface area contributed by atoms with Gasteiger partial charge in [-0.25, -0.2) is 4.79 Å². The second-order valence-corrected chi connectivity index (χ2v) is 3.33. The van der Waals surface area contributed by atoms with Gasteiger partial charge in [0.2, 0.25) is 0 Å². The van der Waals surface area contributed by atoms with E-state index in [2.05, 4.69) is 4.98 Å². The molecule has 0 aliphatic heterocycles. The molecule has 1 heterocycles. The van der Waals surface area contributed by atoms with E-state index in [4.69, 9.17) is 4.74 Å². The molecule has 1 aromatic carbocycles. The molecule has 0 unspecified atom stereocenters. The number of nitrogens with one attached hydrogen (secondary N) is 1. The molecule has 0 saturated carbocycles. The van der Waals surface area contributed by atoms with E-state index in [0.29, 0.717) is 17.6 Å². The normalized spacial score (nSPS) is 10.3. The third-order valence-electron chi connectivity index (χ3n) is 2.29. The molecule has 4 nitrogen and oxygen atoms in total. The van der Waals surface area contributed by atoms with Gasteiger partial charge in [0.15, 0.2) is 0 Å². The number of ether oxygens (including phenoxy) is 1. The first kappa shape index (κ1) is 10.4. The predicted molar refractivity (Wildman–Crippen MR) is 60.5 cm³/mol. The average molecular weight is 217 g/mol. The van der Waals surface area contributed by atoms with Crippen LogP contribution in [0.15, 0.2) is 35.3 Å². The summed E-state index contributed by atoms with van der Waals surface area (Å²) in [5.41, 5.74) is 0.190. The largest absolute Gasteiger partial charge is 0.462 e. The lowest BCUT2D eigenvalue weighted by atomic mass is 10.1. The molecule has 1 N–H and O–H groups in total. The third kappa shape index (κ3) is 1.82. The Hall–Kier alpha value is -2.10. The van der Waals surface area contributed by atoms with E-state index in [9.17, 15) is 9.59 Å². The maximum Gasteiger partial charge on any atom is 0.338 e. The summed E-state index contributed by atoms with van der Waals surface area (Å²) in [5, 5.41) is 1.30. The first-order valence-corrected chi connectivity index (χ1v) is 5.01. The second kappa shape index (κ2) is 4.18. The molecule has 0 radical (unpaired) electrons. The molecule has 0 spiro atoms. The Bertz CT molecular complexity index is 586. The van der Waals surface area contributed by atoms with Crippen molar-refractivity contribution in [3.8, 4) is 0 Å². The molecule has 0 saturated heterocycles. The van der Waals surface area contributed by atoms with Gasteiger partial charge in [-0.2, -0.15) is 0 Å². The van der Waals surface area contributed by atoms with E-state index in [1.54, 1.807) is 37.4 Å². The maximum absolute atomic E-state index is 11.5. The van der Waals surface area contributed by atoms with Crippen LogP contribution in [0.5, 0.6) is 0 Å². The van der Waals surface area contributed by atoms with Crippen molar-refractivity contribution < 1.29 is 9.53 Å². The van der Waals surface area contributed by atoms with E-state index in [-0.39, 0.29) is 5.56 Å². The molecule has 0 bridgehead atoms. The van der Waals surface area contributed by atoms with E-state index in [0.717, 1.165) is 5.39 Å². The number of rotatable bonds is 2.